The summed E-state index contributed by atoms with van der Waals surface area (Å²) in [4.78, 5) is 0. The van der Waals surface area contributed by atoms with Crippen LogP contribution in [0.25, 0.3) is 0 Å². The molecule has 2 saturated heterocycles. The van der Waals surface area contributed by atoms with Gasteiger partial charge in [-0.1, -0.05) is 74.5 Å². The second-order valence-electron chi connectivity index (χ2n) is 6.44. The van der Waals surface area contributed by atoms with Crippen LogP contribution in [0.5, 0.6) is 0 Å². The van der Waals surface area contributed by atoms with Gasteiger partial charge in [0, 0.05) is 43.8 Å². The molecule has 6 atom stereocenters. The van der Waals surface area contributed by atoms with Crippen molar-refractivity contribution in [2.45, 2.75) is 57.8 Å². The van der Waals surface area contributed by atoms with Crippen LogP contribution in [0.3, 0.4) is 0 Å². The van der Waals surface area contributed by atoms with Crippen molar-refractivity contribution in [3.05, 3.63) is 79.2 Å². The average Bonchev–Trinajstić information content (AvgIpc) is 2.75. The Morgan fingerprint density at radius 1 is 0.828 bits per heavy atom. The number of rotatable bonds is 3. The van der Waals surface area contributed by atoms with E-state index in [2.05, 4.69) is 0 Å². The first kappa shape index (κ1) is 26.4. The number of aliphatic hydroxyl groups excluding tert-OH is 1. The van der Waals surface area contributed by atoms with Crippen LogP contribution in [0.1, 0.15) is 44.5 Å². The van der Waals surface area contributed by atoms with Crippen molar-refractivity contribution in [2.24, 2.45) is 0 Å². The Kier molecular flexibility index (Phi) is 11.7. The summed E-state index contributed by atoms with van der Waals surface area (Å²) in [6, 6.07) is 19.5. The van der Waals surface area contributed by atoms with E-state index in [0.29, 0.717) is 6.61 Å². The minimum atomic E-state index is -0.683. The van der Waals surface area contributed by atoms with Gasteiger partial charge in [0.15, 0.2) is 12.6 Å². The topological polar surface area (TPSA) is 57.2 Å². The van der Waals surface area contributed by atoms with Gasteiger partial charge in [0.1, 0.15) is 18.3 Å². The Morgan fingerprint density at radius 2 is 1.34 bits per heavy atom. The molecular formula is C23H31O5Y-. The Balaban J connectivity index is 0.00000102. The van der Waals surface area contributed by atoms with E-state index in [9.17, 15) is 5.11 Å². The first-order valence-corrected chi connectivity index (χ1v) is 9.58. The summed E-state index contributed by atoms with van der Waals surface area (Å²) in [6.07, 6.45) is -2.87. The van der Waals surface area contributed by atoms with E-state index in [1.807, 2.05) is 74.5 Å². The Hall–Kier alpha value is -0.656. The van der Waals surface area contributed by atoms with Crippen molar-refractivity contribution < 1.29 is 56.8 Å². The van der Waals surface area contributed by atoms with Gasteiger partial charge < -0.3 is 31.5 Å². The Bertz CT molecular complexity index is 682. The van der Waals surface area contributed by atoms with Crippen LogP contribution >= 0.6 is 0 Å². The summed E-state index contributed by atoms with van der Waals surface area (Å²) in [5, 5.41) is 10.2. The molecule has 0 spiro atoms. The van der Waals surface area contributed by atoms with Crippen LogP contribution in [0.2, 0.25) is 0 Å². The van der Waals surface area contributed by atoms with Crippen LogP contribution in [-0.4, -0.2) is 36.1 Å². The minimum Gasteiger partial charge on any atom is -0.391 e. The number of ether oxygens (including phenoxy) is 4. The third-order valence-electron chi connectivity index (χ3n) is 4.58. The molecule has 0 amide bonds. The quantitative estimate of drug-likeness (QED) is 0.664. The molecule has 2 heterocycles. The van der Waals surface area contributed by atoms with Gasteiger partial charge in [-0.15, -0.1) is 0 Å². The number of benzene rings is 2. The maximum atomic E-state index is 10.2. The Labute approximate surface area is 199 Å². The third-order valence-corrected chi connectivity index (χ3v) is 4.58. The van der Waals surface area contributed by atoms with Crippen molar-refractivity contribution in [3.8, 4) is 0 Å². The SMILES string of the molecule is CC.CC(O)C1OC(c2ccccc2)OC2COC(c3ccccc3)OC21.[CH3-].[Y]. The van der Waals surface area contributed by atoms with E-state index >= 15 is 0 Å². The summed E-state index contributed by atoms with van der Waals surface area (Å²) < 4.78 is 24.1. The maximum Gasteiger partial charge on any atom is 0.184 e. The predicted octanol–water partition coefficient (Wildman–Crippen LogP) is 4.44. The summed E-state index contributed by atoms with van der Waals surface area (Å²) in [6.45, 7) is 6.10. The summed E-state index contributed by atoms with van der Waals surface area (Å²) in [7, 11) is 0. The number of aliphatic hydroxyl groups is 1. The molecule has 1 N–H and O–H groups in total. The van der Waals surface area contributed by atoms with E-state index in [4.69, 9.17) is 18.9 Å². The maximum absolute atomic E-state index is 10.2. The molecule has 0 aliphatic carbocycles. The fourth-order valence-corrected chi connectivity index (χ4v) is 3.30. The summed E-state index contributed by atoms with van der Waals surface area (Å²) in [5.41, 5.74) is 1.85. The van der Waals surface area contributed by atoms with Gasteiger partial charge >= 0.3 is 0 Å². The molecule has 6 heteroatoms. The molecule has 5 nitrogen and oxygen atoms in total. The summed E-state index contributed by atoms with van der Waals surface area (Å²) in [5.74, 6) is 0. The van der Waals surface area contributed by atoms with Crippen LogP contribution < -0.4 is 0 Å². The van der Waals surface area contributed by atoms with Crippen molar-refractivity contribution in [2.75, 3.05) is 6.61 Å². The van der Waals surface area contributed by atoms with E-state index < -0.39 is 24.8 Å². The average molecular weight is 476 g/mol. The molecule has 2 aliphatic heterocycles. The van der Waals surface area contributed by atoms with Gasteiger partial charge in [0.2, 0.25) is 0 Å². The smallest absolute Gasteiger partial charge is 0.184 e. The van der Waals surface area contributed by atoms with E-state index in [1.165, 1.54) is 0 Å². The van der Waals surface area contributed by atoms with E-state index in [-0.39, 0.29) is 52.3 Å². The predicted molar refractivity (Wildman–Crippen MR) is 108 cm³/mol. The fourth-order valence-electron chi connectivity index (χ4n) is 3.30. The molecular weight excluding hydrogens is 445 g/mol. The largest absolute Gasteiger partial charge is 0.391 e. The normalized spacial score (nSPS) is 29.0. The van der Waals surface area contributed by atoms with Gasteiger partial charge in [0.25, 0.3) is 0 Å². The standard InChI is InChI=1S/C20H22O5.C2H6.CH3.Y/c1-13(21)17-18-16(23-20(24-17)15-10-6-3-7-11-15)12-22-19(25-18)14-8-4-2-5-9-14;1-2;;/h2-11,13,16-21H,12H2,1H3;1-2H3;1H3;/q;;-1;. The second kappa shape index (κ2) is 12.9. The van der Waals surface area contributed by atoms with Gasteiger partial charge in [-0.3, -0.25) is 0 Å². The molecule has 0 saturated carbocycles. The number of hydrogen-bond acceptors (Lipinski definition) is 5. The monoisotopic (exact) mass is 476 g/mol. The van der Waals surface area contributed by atoms with Gasteiger partial charge in [-0.25, -0.2) is 0 Å². The van der Waals surface area contributed by atoms with Gasteiger partial charge in [-0.05, 0) is 6.92 Å². The summed E-state index contributed by atoms with van der Waals surface area (Å²) >= 11 is 0. The van der Waals surface area contributed by atoms with Crippen LogP contribution in [-0.2, 0) is 51.7 Å². The molecule has 4 rings (SSSR count). The molecule has 0 bridgehead atoms. The molecule has 157 valence electrons. The fraction of sp³-hybridized carbons (Fsp3) is 0.435. The molecule has 2 aromatic rings. The third kappa shape index (κ3) is 6.41. The molecule has 6 unspecified atom stereocenters. The van der Waals surface area contributed by atoms with Gasteiger partial charge in [-0.2, -0.15) is 0 Å². The molecule has 2 aliphatic rings. The molecule has 2 aromatic carbocycles. The zero-order chi connectivity index (χ0) is 19.2. The van der Waals surface area contributed by atoms with Crippen molar-refractivity contribution in [1.29, 1.82) is 0 Å². The van der Waals surface area contributed by atoms with Crippen LogP contribution in [0.15, 0.2) is 60.7 Å². The zero-order valence-electron chi connectivity index (χ0n) is 17.6. The first-order chi connectivity index (χ1) is 13.2. The van der Waals surface area contributed by atoms with Gasteiger partial charge in [0.05, 0.1) is 12.7 Å². The molecule has 1 radical (unpaired) electrons. The molecule has 2 fully saturated rings. The van der Waals surface area contributed by atoms with E-state index in [1.54, 1.807) is 6.92 Å². The number of fused-ring (bicyclic) bond motifs is 1. The second-order valence-corrected chi connectivity index (χ2v) is 6.44. The van der Waals surface area contributed by atoms with Crippen LogP contribution in [0.4, 0.5) is 0 Å². The van der Waals surface area contributed by atoms with Crippen molar-refractivity contribution >= 4 is 0 Å². The number of hydrogen-bond donors (Lipinski definition) is 1. The first-order valence-electron chi connectivity index (χ1n) is 9.58. The molecule has 29 heavy (non-hydrogen) atoms. The molecule has 0 aromatic heterocycles. The van der Waals surface area contributed by atoms with Crippen molar-refractivity contribution in [1.82, 2.24) is 0 Å². The zero-order valence-corrected chi connectivity index (χ0v) is 20.4. The van der Waals surface area contributed by atoms with E-state index in [0.717, 1.165) is 11.1 Å². The van der Waals surface area contributed by atoms with Crippen LogP contribution in [0, 0.1) is 7.43 Å². The Morgan fingerprint density at radius 3 is 1.86 bits per heavy atom. The minimum absolute atomic E-state index is 0. The van der Waals surface area contributed by atoms with Crippen molar-refractivity contribution in [3.63, 3.8) is 0 Å².